The summed E-state index contributed by atoms with van der Waals surface area (Å²) in [5.41, 5.74) is 9.84. The third kappa shape index (κ3) is 5.67. The van der Waals surface area contributed by atoms with Crippen molar-refractivity contribution >= 4 is 0 Å². The Bertz CT molecular complexity index is 534. The zero-order valence-corrected chi connectivity index (χ0v) is 15.8. The van der Waals surface area contributed by atoms with Gasteiger partial charge in [-0.05, 0) is 74.9 Å². The van der Waals surface area contributed by atoms with E-state index in [0.29, 0.717) is 11.8 Å². The predicted octanol–water partition coefficient (Wildman–Crippen LogP) is 4.30. The molecule has 25 heavy (non-hydrogen) atoms. The Labute approximate surface area is 153 Å². The van der Waals surface area contributed by atoms with Gasteiger partial charge in [-0.1, -0.05) is 30.4 Å². The van der Waals surface area contributed by atoms with Crippen LogP contribution >= 0.6 is 0 Å². The molecule has 3 heteroatoms. The van der Waals surface area contributed by atoms with Crippen molar-refractivity contribution in [3.8, 4) is 0 Å². The largest absolute Gasteiger partial charge is 0.394 e. The van der Waals surface area contributed by atoms with E-state index in [2.05, 4.69) is 32.2 Å². The Kier molecular flexibility index (Phi) is 7.67. The molecule has 2 saturated carbocycles. The van der Waals surface area contributed by atoms with Crippen LogP contribution in [-0.2, 0) is 4.74 Å². The lowest BCUT2D eigenvalue weighted by molar-refractivity contribution is 0.0977. The zero-order chi connectivity index (χ0) is 18.3. The monoisotopic (exact) mass is 345 g/mol. The second kappa shape index (κ2) is 9.51. The maximum Gasteiger partial charge on any atom is 0.0611 e. The van der Waals surface area contributed by atoms with E-state index in [1.54, 1.807) is 0 Å². The van der Waals surface area contributed by atoms with Crippen LogP contribution in [0.4, 0.5) is 0 Å². The van der Waals surface area contributed by atoms with Crippen molar-refractivity contribution < 1.29 is 9.84 Å². The fraction of sp³-hybridized carbons (Fsp3) is 0.636. The number of hydrogen-bond acceptors (Lipinski definition) is 3. The van der Waals surface area contributed by atoms with Crippen molar-refractivity contribution in [1.82, 2.24) is 0 Å². The summed E-state index contributed by atoms with van der Waals surface area (Å²) in [6.45, 7) is 11.9. The van der Waals surface area contributed by atoms with Crippen LogP contribution in [0.2, 0.25) is 0 Å². The zero-order valence-electron chi connectivity index (χ0n) is 15.8. The lowest BCUT2D eigenvalue weighted by atomic mass is 9.80. The SMILES string of the molecule is C=CCCOC[C@@H]1CCC(=C/C(=C)[C@H]2CC[C@](N)(CO)C2)/C(=C\C)C1. The maximum atomic E-state index is 9.46. The van der Waals surface area contributed by atoms with Crippen LogP contribution in [0.25, 0.3) is 0 Å². The van der Waals surface area contributed by atoms with Crippen molar-refractivity contribution in [2.45, 2.75) is 57.4 Å². The molecular weight excluding hydrogens is 310 g/mol. The summed E-state index contributed by atoms with van der Waals surface area (Å²) in [5, 5.41) is 9.46. The first kappa shape index (κ1) is 20.2. The van der Waals surface area contributed by atoms with Crippen LogP contribution in [0.3, 0.4) is 0 Å². The van der Waals surface area contributed by atoms with Crippen molar-refractivity contribution in [2.75, 3.05) is 19.8 Å². The molecule has 140 valence electrons. The number of ether oxygens (including phenoxy) is 1. The molecule has 3 nitrogen and oxygen atoms in total. The molecule has 0 saturated heterocycles. The van der Waals surface area contributed by atoms with E-state index in [1.807, 2.05) is 6.08 Å². The molecule has 0 heterocycles. The van der Waals surface area contributed by atoms with Crippen molar-refractivity contribution in [3.63, 3.8) is 0 Å². The molecule has 0 aromatic heterocycles. The number of hydrogen-bond donors (Lipinski definition) is 2. The molecular formula is C22H35NO2. The van der Waals surface area contributed by atoms with E-state index in [-0.39, 0.29) is 6.61 Å². The molecule has 2 fully saturated rings. The van der Waals surface area contributed by atoms with E-state index in [0.717, 1.165) is 51.7 Å². The first-order valence-electron chi connectivity index (χ1n) is 9.64. The fourth-order valence-electron chi connectivity index (χ4n) is 4.05. The lowest BCUT2D eigenvalue weighted by Crippen LogP contribution is -2.40. The molecule has 2 rings (SSSR count). The van der Waals surface area contributed by atoms with Crippen molar-refractivity contribution in [1.29, 1.82) is 0 Å². The summed E-state index contributed by atoms with van der Waals surface area (Å²) in [6.07, 6.45) is 13.5. The predicted molar refractivity (Wildman–Crippen MR) is 105 cm³/mol. The molecule has 0 aliphatic heterocycles. The van der Waals surface area contributed by atoms with Crippen LogP contribution < -0.4 is 5.73 Å². The standard InChI is InChI=1S/C22H35NO2/c1-4-6-11-25-15-18-7-8-20(19(5-2)13-18)12-17(3)21-9-10-22(23,14-21)16-24/h4-5,12,18,21,24H,1,3,6-11,13-16,23H2,2H3/b19-5-,20-12-/t18-,21+,22-/m1/s1. The van der Waals surface area contributed by atoms with Gasteiger partial charge in [0, 0.05) is 12.1 Å². The minimum Gasteiger partial charge on any atom is -0.394 e. The Morgan fingerprint density at radius 2 is 2.20 bits per heavy atom. The van der Waals surface area contributed by atoms with Gasteiger partial charge in [-0.2, -0.15) is 0 Å². The van der Waals surface area contributed by atoms with Gasteiger partial charge in [-0.25, -0.2) is 0 Å². The quantitative estimate of drug-likeness (QED) is 0.509. The highest BCUT2D eigenvalue weighted by Gasteiger charge is 2.36. The van der Waals surface area contributed by atoms with Gasteiger partial charge < -0.3 is 15.6 Å². The number of nitrogens with two attached hydrogens (primary N) is 1. The lowest BCUT2D eigenvalue weighted by Gasteiger charge is -2.27. The van der Waals surface area contributed by atoms with Crippen molar-refractivity contribution in [2.24, 2.45) is 17.6 Å². The molecule has 0 unspecified atom stereocenters. The van der Waals surface area contributed by atoms with E-state index >= 15 is 0 Å². The molecule has 3 atom stereocenters. The summed E-state index contributed by atoms with van der Waals surface area (Å²) in [5.74, 6) is 1.02. The van der Waals surface area contributed by atoms with Gasteiger partial charge in [0.2, 0.25) is 0 Å². The van der Waals surface area contributed by atoms with E-state index in [1.165, 1.54) is 23.1 Å². The molecule has 0 spiro atoms. The molecule has 2 aliphatic rings. The van der Waals surface area contributed by atoms with Crippen LogP contribution in [0.1, 0.15) is 51.9 Å². The Morgan fingerprint density at radius 3 is 2.84 bits per heavy atom. The number of rotatable bonds is 8. The molecule has 0 amide bonds. The molecule has 2 aliphatic carbocycles. The van der Waals surface area contributed by atoms with Gasteiger partial charge in [0.25, 0.3) is 0 Å². The van der Waals surface area contributed by atoms with Crippen LogP contribution in [0, 0.1) is 11.8 Å². The third-order valence-electron chi connectivity index (χ3n) is 5.75. The van der Waals surface area contributed by atoms with Gasteiger partial charge in [0.1, 0.15) is 0 Å². The summed E-state index contributed by atoms with van der Waals surface area (Å²) in [4.78, 5) is 0. The number of allylic oxidation sites excluding steroid dienone is 5. The first-order chi connectivity index (χ1) is 12.0. The van der Waals surface area contributed by atoms with E-state index < -0.39 is 5.54 Å². The minimum atomic E-state index is -0.407. The maximum absolute atomic E-state index is 9.46. The Balaban J connectivity index is 1.90. The summed E-state index contributed by atoms with van der Waals surface area (Å²) in [7, 11) is 0. The highest BCUT2D eigenvalue weighted by Crippen LogP contribution is 2.39. The van der Waals surface area contributed by atoms with Crippen LogP contribution in [0.15, 0.2) is 48.1 Å². The normalized spacial score (nSPS) is 33.1. The second-order valence-corrected chi connectivity index (χ2v) is 7.78. The topological polar surface area (TPSA) is 55.5 Å². The molecule has 0 bridgehead atoms. The average molecular weight is 346 g/mol. The van der Waals surface area contributed by atoms with Gasteiger partial charge in [-0.15, -0.1) is 6.58 Å². The van der Waals surface area contributed by atoms with Gasteiger partial charge >= 0.3 is 0 Å². The van der Waals surface area contributed by atoms with Crippen LogP contribution in [0.5, 0.6) is 0 Å². The van der Waals surface area contributed by atoms with Gasteiger partial charge in [-0.3, -0.25) is 0 Å². The minimum absolute atomic E-state index is 0.0704. The van der Waals surface area contributed by atoms with Crippen LogP contribution in [-0.4, -0.2) is 30.5 Å². The molecule has 0 radical (unpaired) electrons. The van der Waals surface area contributed by atoms with Crippen molar-refractivity contribution in [3.05, 3.63) is 48.1 Å². The van der Waals surface area contributed by atoms with Gasteiger partial charge in [0.05, 0.1) is 13.2 Å². The van der Waals surface area contributed by atoms with E-state index in [4.69, 9.17) is 10.5 Å². The number of aliphatic hydroxyl groups excluding tert-OH is 1. The third-order valence-corrected chi connectivity index (χ3v) is 5.75. The highest BCUT2D eigenvalue weighted by molar-refractivity contribution is 5.39. The number of aliphatic hydroxyl groups is 1. The van der Waals surface area contributed by atoms with Gasteiger partial charge in [0.15, 0.2) is 0 Å². The molecule has 0 aromatic carbocycles. The molecule has 0 aromatic rings. The first-order valence-corrected chi connectivity index (χ1v) is 9.64. The van der Waals surface area contributed by atoms with E-state index in [9.17, 15) is 5.11 Å². The molecule has 3 N–H and O–H groups in total. The Morgan fingerprint density at radius 1 is 1.40 bits per heavy atom. The smallest absolute Gasteiger partial charge is 0.0611 e. The fourth-order valence-corrected chi connectivity index (χ4v) is 4.05. The average Bonchev–Trinajstić information content (AvgIpc) is 3.03. The second-order valence-electron chi connectivity index (χ2n) is 7.78. The Hall–Kier alpha value is -1.16. The summed E-state index contributed by atoms with van der Waals surface area (Å²) >= 11 is 0. The highest BCUT2D eigenvalue weighted by atomic mass is 16.5. The summed E-state index contributed by atoms with van der Waals surface area (Å²) in [6, 6.07) is 0. The summed E-state index contributed by atoms with van der Waals surface area (Å²) < 4.78 is 5.77.